The molecule has 3 unspecified atom stereocenters. The van der Waals surface area contributed by atoms with Gasteiger partial charge in [-0.05, 0) is 43.1 Å². The van der Waals surface area contributed by atoms with Crippen molar-refractivity contribution in [2.24, 2.45) is 11.8 Å². The minimum Gasteiger partial charge on any atom is -0.258 e. The third kappa shape index (κ3) is 3.95. The zero-order valence-corrected chi connectivity index (χ0v) is 12.7. The van der Waals surface area contributed by atoms with E-state index >= 15 is 0 Å². The summed E-state index contributed by atoms with van der Waals surface area (Å²) in [7, 11) is 0. The van der Waals surface area contributed by atoms with Crippen LogP contribution in [0.15, 0.2) is 24.3 Å². The van der Waals surface area contributed by atoms with Gasteiger partial charge in [0, 0.05) is 17.5 Å². The highest BCUT2D eigenvalue weighted by Gasteiger charge is 2.28. The number of nitro groups is 1. The molecule has 1 aliphatic rings. The van der Waals surface area contributed by atoms with Gasteiger partial charge in [-0.25, -0.2) is 0 Å². The van der Waals surface area contributed by atoms with E-state index in [0.29, 0.717) is 5.92 Å². The van der Waals surface area contributed by atoms with Gasteiger partial charge in [0.25, 0.3) is 5.69 Å². The van der Waals surface area contributed by atoms with E-state index in [1.54, 1.807) is 12.1 Å². The lowest BCUT2D eigenvalue weighted by Gasteiger charge is -2.33. The minimum atomic E-state index is -0.355. The Morgan fingerprint density at radius 3 is 2.60 bits per heavy atom. The summed E-state index contributed by atoms with van der Waals surface area (Å²) in [5.74, 6) is 1.31. The molecule has 0 radical (unpaired) electrons. The molecule has 0 amide bonds. The maximum atomic E-state index is 10.7. The van der Waals surface area contributed by atoms with Crippen molar-refractivity contribution in [1.82, 2.24) is 0 Å². The quantitative estimate of drug-likeness (QED) is 0.438. The third-order valence-electron chi connectivity index (χ3n) is 4.34. The summed E-state index contributed by atoms with van der Waals surface area (Å²) in [6.07, 6.45) is 7.01. The Labute approximate surface area is 125 Å². The fourth-order valence-electron chi connectivity index (χ4n) is 3.26. The summed E-state index contributed by atoms with van der Waals surface area (Å²) in [6.45, 7) is 2.23. The van der Waals surface area contributed by atoms with Crippen LogP contribution < -0.4 is 0 Å². The first kappa shape index (κ1) is 15.3. The molecule has 1 aromatic carbocycles. The summed E-state index contributed by atoms with van der Waals surface area (Å²) in [5, 5.41) is 10.9. The first-order valence-corrected chi connectivity index (χ1v) is 7.91. The highest BCUT2D eigenvalue weighted by Crippen LogP contribution is 2.37. The zero-order valence-electron chi connectivity index (χ0n) is 11.9. The second kappa shape index (κ2) is 7.07. The molecule has 0 N–H and O–H groups in total. The van der Waals surface area contributed by atoms with Gasteiger partial charge in [-0.3, -0.25) is 10.1 Å². The Hall–Kier alpha value is -1.09. The Balaban J connectivity index is 1.98. The van der Waals surface area contributed by atoms with E-state index in [-0.39, 0.29) is 16.0 Å². The molecule has 3 nitrogen and oxygen atoms in total. The molecule has 1 aromatic rings. The largest absolute Gasteiger partial charge is 0.269 e. The molecule has 0 aromatic heterocycles. The Kier molecular flexibility index (Phi) is 5.41. The summed E-state index contributed by atoms with van der Waals surface area (Å²) in [6, 6.07) is 6.91. The average Bonchev–Trinajstić information content (AvgIpc) is 2.43. The maximum Gasteiger partial charge on any atom is 0.269 e. The highest BCUT2D eigenvalue weighted by atomic mass is 35.5. The van der Waals surface area contributed by atoms with E-state index in [0.717, 1.165) is 24.3 Å². The number of benzene rings is 1. The van der Waals surface area contributed by atoms with Gasteiger partial charge in [0.1, 0.15) is 0 Å². The number of hydrogen-bond donors (Lipinski definition) is 0. The first-order valence-electron chi connectivity index (χ1n) is 7.47. The minimum absolute atomic E-state index is 0.156. The second-order valence-corrected chi connectivity index (χ2v) is 6.43. The molecule has 0 spiro atoms. The van der Waals surface area contributed by atoms with Crippen LogP contribution in [-0.4, -0.2) is 10.3 Å². The monoisotopic (exact) mass is 295 g/mol. The smallest absolute Gasteiger partial charge is 0.258 e. The number of nitro benzene ring substituents is 1. The van der Waals surface area contributed by atoms with Gasteiger partial charge >= 0.3 is 0 Å². The van der Waals surface area contributed by atoms with E-state index in [4.69, 9.17) is 11.6 Å². The SMILES string of the molecule is CCCC1CCC(Cl)C(Cc2ccc([N+](=O)[O-])cc2)C1. The van der Waals surface area contributed by atoms with Crippen molar-refractivity contribution in [2.45, 2.75) is 50.8 Å². The zero-order chi connectivity index (χ0) is 14.5. The summed E-state index contributed by atoms with van der Waals surface area (Å²) >= 11 is 6.47. The average molecular weight is 296 g/mol. The predicted molar refractivity (Wildman–Crippen MR) is 82.2 cm³/mol. The van der Waals surface area contributed by atoms with Crippen LogP contribution in [0.5, 0.6) is 0 Å². The lowest BCUT2D eigenvalue weighted by molar-refractivity contribution is -0.384. The second-order valence-electron chi connectivity index (χ2n) is 5.87. The van der Waals surface area contributed by atoms with Crippen LogP contribution in [0.1, 0.15) is 44.6 Å². The summed E-state index contributed by atoms with van der Waals surface area (Å²) < 4.78 is 0. The van der Waals surface area contributed by atoms with Crippen LogP contribution >= 0.6 is 11.6 Å². The van der Waals surface area contributed by atoms with Crippen molar-refractivity contribution in [2.75, 3.05) is 0 Å². The molecule has 110 valence electrons. The van der Waals surface area contributed by atoms with Crippen molar-refractivity contribution in [3.63, 3.8) is 0 Å². The van der Waals surface area contributed by atoms with Crippen molar-refractivity contribution in [1.29, 1.82) is 0 Å². The predicted octanol–water partition coefficient (Wildman–Crippen LogP) is 4.96. The van der Waals surface area contributed by atoms with E-state index in [1.165, 1.54) is 25.7 Å². The van der Waals surface area contributed by atoms with Crippen LogP contribution in [0.4, 0.5) is 5.69 Å². The molecule has 0 saturated heterocycles. The molecular weight excluding hydrogens is 274 g/mol. The number of halogens is 1. The maximum absolute atomic E-state index is 10.7. The number of non-ortho nitro benzene ring substituents is 1. The molecule has 1 saturated carbocycles. The Morgan fingerprint density at radius 1 is 1.30 bits per heavy atom. The van der Waals surface area contributed by atoms with Gasteiger partial charge in [0.15, 0.2) is 0 Å². The van der Waals surface area contributed by atoms with Crippen LogP contribution in [-0.2, 0) is 6.42 Å². The van der Waals surface area contributed by atoms with Gasteiger partial charge in [-0.1, -0.05) is 31.9 Å². The molecule has 1 aliphatic carbocycles. The van der Waals surface area contributed by atoms with E-state index in [1.807, 2.05) is 12.1 Å². The van der Waals surface area contributed by atoms with Gasteiger partial charge in [0.2, 0.25) is 0 Å². The molecule has 4 heteroatoms. The summed E-state index contributed by atoms with van der Waals surface area (Å²) in [4.78, 5) is 10.3. The number of alkyl halides is 1. The molecular formula is C16H22ClNO2. The number of rotatable bonds is 5. The van der Waals surface area contributed by atoms with Gasteiger partial charge in [0.05, 0.1) is 4.92 Å². The van der Waals surface area contributed by atoms with Crippen LogP contribution in [0.2, 0.25) is 0 Å². The highest BCUT2D eigenvalue weighted by molar-refractivity contribution is 6.20. The van der Waals surface area contributed by atoms with Crippen molar-refractivity contribution >= 4 is 17.3 Å². The van der Waals surface area contributed by atoms with E-state index in [2.05, 4.69) is 6.92 Å². The van der Waals surface area contributed by atoms with Crippen LogP contribution in [0.25, 0.3) is 0 Å². The fourth-order valence-corrected chi connectivity index (χ4v) is 3.58. The molecule has 0 bridgehead atoms. The van der Waals surface area contributed by atoms with Gasteiger partial charge in [-0.15, -0.1) is 11.6 Å². The van der Waals surface area contributed by atoms with Gasteiger partial charge < -0.3 is 0 Å². The topological polar surface area (TPSA) is 43.1 Å². The number of nitrogens with zero attached hydrogens (tertiary/aromatic N) is 1. The Morgan fingerprint density at radius 2 is 2.00 bits per heavy atom. The lowest BCUT2D eigenvalue weighted by Crippen LogP contribution is -2.27. The molecule has 0 heterocycles. The number of hydrogen-bond acceptors (Lipinski definition) is 2. The molecule has 1 fully saturated rings. The van der Waals surface area contributed by atoms with E-state index in [9.17, 15) is 10.1 Å². The fraction of sp³-hybridized carbons (Fsp3) is 0.625. The van der Waals surface area contributed by atoms with Crippen LogP contribution in [0, 0.1) is 22.0 Å². The van der Waals surface area contributed by atoms with Crippen molar-refractivity contribution in [3.05, 3.63) is 39.9 Å². The van der Waals surface area contributed by atoms with Crippen LogP contribution in [0.3, 0.4) is 0 Å². The van der Waals surface area contributed by atoms with Crippen molar-refractivity contribution < 1.29 is 4.92 Å². The van der Waals surface area contributed by atoms with Gasteiger partial charge in [-0.2, -0.15) is 0 Å². The third-order valence-corrected chi connectivity index (χ3v) is 4.91. The normalized spacial score (nSPS) is 26.4. The molecule has 2 rings (SSSR count). The van der Waals surface area contributed by atoms with Crippen molar-refractivity contribution in [3.8, 4) is 0 Å². The summed E-state index contributed by atoms with van der Waals surface area (Å²) in [5.41, 5.74) is 1.31. The molecule has 20 heavy (non-hydrogen) atoms. The standard InChI is InChI=1S/C16H22ClNO2/c1-2-3-12-6-9-16(17)14(10-12)11-13-4-7-15(8-5-13)18(19)20/h4-5,7-8,12,14,16H,2-3,6,9-11H2,1H3. The molecule has 3 atom stereocenters. The lowest BCUT2D eigenvalue weighted by atomic mass is 9.76. The first-order chi connectivity index (χ1) is 9.60. The Bertz CT molecular complexity index is 446. The molecule has 0 aliphatic heterocycles. The van der Waals surface area contributed by atoms with E-state index < -0.39 is 0 Å².